The first-order valence-electron chi connectivity index (χ1n) is 8.23. The van der Waals surface area contributed by atoms with Crippen LogP contribution in [0.25, 0.3) is 0 Å². The summed E-state index contributed by atoms with van der Waals surface area (Å²) in [6.07, 6.45) is -0.711. The van der Waals surface area contributed by atoms with Crippen molar-refractivity contribution in [2.45, 2.75) is 33.8 Å². The number of anilines is 1. The van der Waals surface area contributed by atoms with Crippen LogP contribution in [0.2, 0.25) is 0 Å². The molecule has 5 heteroatoms. The fourth-order valence-electron chi connectivity index (χ4n) is 2.26. The summed E-state index contributed by atoms with van der Waals surface area (Å²) in [4.78, 5) is 24.4. The molecule has 25 heavy (non-hydrogen) atoms. The van der Waals surface area contributed by atoms with E-state index in [2.05, 4.69) is 5.32 Å². The van der Waals surface area contributed by atoms with Crippen LogP contribution in [-0.2, 0) is 9.53 Å². The molecular formula is C20H23NO4. The second-order valence-electron chi connectivity index (χ2n) is 5.76. The number of esters is 1. The van der Waals surface area contributed by atoms with E-state index in [-0.39, 0.29) is 12.5 Å². The maximum Gasteiger partial charge on any atom is 0.340 e. The second-order valence-corrected chi connectivity index (χ2v) is 5.76. The molecule has 2 rings (SSSR count). The van der Waals surface area contributed by atoms with Crippen molar-refractivity contribution >= 4 is 17.6 Å². The Morgan fingerprint density at radius 1 is 1.08 bits per heavy atom. The molecule has 1 N–H and O–H groups in total. The lowest BCUT2D eigenvalue weighted by molar-refractivity contribution is -0.122. The lowest BCUT2D eigenvalue weighted by Crippen LogP contribution is -2.30. The summed E-state index contributed by atoms with van der Waals surface area (Å²) in [5, 5.41) is 2.73. The van der Waals surface area contributed by atoms with Crippen LogP contribution in [0.4, 0.5) is 5.69 Å². The van der Waals surface area contributed by atoms with E-state index in [0.29, 0.717) is 17.0 Å². The van der Waals surface area contributed by atoms with Crippen molar-refractivity contribution in [1.82, 2.24) is 0 Å². The Labute approximate surface area is 148 Å². The van der Waals surface area contributed by atoms with Crippen LogP contribution in [0.1, 0.15) is 35.3 Å². The predicted octanol–water partition coefficient (Wildman–Crippen LogP) is 3.89. The highest BCUT2D eigenvalue weighted by atomic mass is 16.5. The monoisotopic (exact) mass is 341 g/mol. The van der Waals surface area contributed by atoms with Gasteiger partial charge in [0.2, 0.25) is 0 Å². The van der Waals surface area contributed by atoms with Gasteiger partial charge in [-0.2, -0.15) is 0 Å². The molecule has 0 saturated carbocycles. The number of ether oxygens (including phenoxy) is 2. The van der Waals surface area contributed by atoms with E-state index in [1.165, 1.54) is 0 Å². The van der Waals surface area contributed by atoms with Gasteiger partial charge in [-0.25, -0.2) is 4.79 Å². The van der Waals surface area contributed by atoms with Crippen molar-refractivity contribution in [1.29, 1.82) is 0 Å². The third kappa shape index (κ3) is 4.83. The number of nitrogens with one attached hydrogen (secondary N) is 1. The molecule has 0 aliphatic rings. The molecule has 132 valence electrons. The SMILES string of the molecule is CCOC(=O)c1ccccc1NC(=O)[C@H](C)Oc1ccc(C)c(C)c1. The number of carbonyl (C=O) groups excluding carboxylic acids is 2. The van der Waals surface area contributed by atoms with Crippen molar-refractivity contribution in [3.63, 3.8) is 0 Å². The number of benzene rings is 2. The topological polar surface area (TPSA) is 64.6 Å². The molecule has 1 atom stereocenters. The molecule has 0 bridgehead atoms. The Balaban J connectivity index is 2.08. The van der Waals surface area contributed by atoms with Crippen LogP contribution in [-0.4, -0.2) is 24.6 Å². The molecule has 2 aromatic carbocycles. The summed E-state index contributed by atoms with van der Waals surface area (Å²) in [6, 6.07) is 12.4. The van der Waals surface area contributed by atoms with Crippen molar-refractivity contribution in [2.24, 2.45) is 0 Å². The van der Waals surface area contributed by atoms with E-state index >= 15 is 0 Å². The van der Waals surface area contributed by atoms with E-state index in [1.807, 2.05) is 32.0 Å². The molecule has 0 spiro atoms. The van der Waals surface area contributed by atoms with Gasteiger partial charge < -0.3 is 14.8 Å². The second kappa shape index (κ2) is 8.33. The van der Waals surface area contributed by atoms with Gasteiger partial charge in [0.25, 0.3) is 5.91 Å². The fourth-order valence-corrected chi connectivity index (χ4v) is 2.26. The first-order chi connectivity index (χ1) is 11.9. The van der Waals surface area contributed by atoms with Crippen molar-refractivity contribution in [2.75, 3.05) is 11.9 Å². The van der Waals surface area contributed by atoms with E-state index in [4.69, 9.17) is 9.47 Å². The van der Waals surface area contributed by atoms with Crippen LogP contribution >= 0.6 is 0 Å². The largest absolute Gasteiger partial charge is 0.481 e. The number of hydrogen-bond acceptors (Lipinski definition) is 4. The molecule has 1 amide bonds. The molecule has 0 heterocycles. The van der Waals surface area contributed by atoms with Crippen LogP contribution in [0.3, 0.4) is 0 Å². The minimum Gasteiger partial charge on any atom is -0.481 e. The van der Waals surface area contributed by atoms with Gasteiger partial charge in [-0.3, -0.25) is 4.79 Å². The van der Waals surface area contributed by atoms with E-state index < -0.39 is 12.1 Å². The Bertz CT molecular complexity index is 770. The van der Waals surface area contributed by atoms with Gasteiger partial charge in [0, 0.05) is 0 Å². The van der Waals surface area contributed by atoms with E-state index in [0.717, 1.165) is 11.1 Å². The summed E-state index contributed by atoms with van der Waals surface area (Å²) >= 11 is 0. The molecule has 5 nitrogen and oxygen atoms in total. The lowest BCUT2D eigenvalue weighted by Gasteiger charge is -2.16. The van der Waals surface area contributed by atoms with Gasteiger partial charge in [-0.05, 0) is 63.1 Å². The van der Waals surface area contributed by atoms with Crippen molar-refractivity contribution < 1.29 is 19.1 Å². The molecule has 0 unspecified atom stereocenters. The van der Waals surface area contributed by atoms with Gasteiger partial charge >= 0.3 is 5.97 Å². The number of aryl methyl sites for hydroxylation is 2. The van der Waals surface area contributed by atoms with Gasteiger partial charge in [0.05, 0.1) is 17.9 Å². The van der Waals surface area contributed by atoms with Gasteiger partial charge in [0.1, 0.15) is 5.75 Å². The molecule has 0 saturated heterocycles. The lowest BCUT2D eigenvalue weighted by atomic mass is 10.1. The zero-order valence-corrected chi connectivity index (χ0v) is 15.0. The maximum atomic E-state index is 12.4. The van der Waals surface area contributed by atoms with Crippen LogP contribution in [0.5, 0.6) is 5.75 Å². The van der Waals surface area contributed by atoms with Crippen molar-refractivity contribution in [3.8, 4) is 5.75 Å². The van der Waals surface area contributed by atoms with Crippen molar-refractivity contribution in [3.05, 3.63) is 59.2 Å². The van der Waals surface area contributed by atoms with E-state index in [1.54, 1.807) is 38.1 Å². The third-order valence-corrected chi connectivity index (χ3v) is 3.84. The highest BCUT2D eigenvalue weighted by Crippen LogP contribution is 2.20. The van der Waals surface area contributed by atoms with Gasteiger partial charge in [-0.15, -0.1) is 0 Å². The Kier molecular flexibility index (Phi) is 6.17. The highest BCUT2D eigenvalue weighted by molar-refractivity contribution is 6.02. The number of amides is 1. The number of para-hydroxylation sites is 1. The third-order valence-electron chi connectivity index (χ3n) is 3.84. The maximum absolute atomic E-state index is 12.4. The molecule has 2 aromatic rings. The summed E-state index contributed by atoms with van der Waals surface area (Å²) in [5.74, 6) is -0.180. The Hall–Kier alpha value is -2.82. The molecule has 0 aliphatic carbocycles. The molecule has 0 radical (unpaired) electrons. The molecule has 0 aliphatic heterocycles. The minimum absolute atomic E-state index is 0.271. The number of rotatable bonds is 6. The highest BCUT2D eigenvalue weighted by Gasteiger charge is 2.19. The zero-order chi connectivity index (χ0) is 18.4. The fraction of sp³-hybridized carbons (Fsp3) is 0.300. The summed E-state index contributed by atoms with van der Waals surface area (Å²) in [7, 11) is 0. The van der Waals surface area contributed by atoms with Crippen LogP contribution < -0.4 is 10.1 Å². The average Bonchev–Trinajstić information content (AvgIpc) is 2.58. The zero-order valence-electron chi connectivity index (χ0n) is 15.0. The summed E-state index contributed by atoms with van der Waals surface area (Å²) in [6.45, 7) is 7.67. The number of carbonyl (C=O) groups is 2. The summed E-state index contributed by atoms with van der Waals surface area (Å²) in [5.41, 5.74) is 2.98. The smallest absolute Gasteiger partial charge is 0.340 e. The molecule has 0 fully saturated rings. The van der Waals surface area contributed by atoms with Crippen LogP contribution in [0.15, 0.2) is 42.5 Å². The first-order valence-corrected chi connectivity index (χ1v) is 8.23. The van der Waals surface area contributed by atoms with Crippen LogP contribution in [0, 0.1) is 13.8 Å². The Morgan fingerprint density at radius 3 is 2.48 bits per heavy atom. The Morgan fingerprint density at radius 2 is 1.80 bits per heavy atom. The first kappa shape index (κ1) is 18.5. The van der Waals surface area contributed by atoms with Gasteiger partial charge in [-0.1, -0.05) is 18.2 Å². The quantitative estimate of drug-likeness (QED) is 0.810. The minimum atomic E-state index is -0.711. The molecular weight excluding hydrogens is 318 g/mol. The van der Waals surface area contributed by atoms with Gasteiger partial charge in [0.15, 0.2) is 6.10 Å². The molecule has 0 aromatic heterocycles. The number of hydrogen-bond donors (Lipinski definition) is 1. The standard InChI is InChI=1S/C20H23NO4/c1-5-24-20(23)17-8-6-7-9-18(17)21-19(22)15(4)25-16-11-10-13(2)14(3)12-16/h6-12,15H,5H2,1-4H3,(H,21,22)/t15-/m0/s1. The summed E-state index contributed by atoms with van der Waals surface area (Å²) < 4.78 is 10.7. The predicted molar refractivity (Wildman–Crippen MR) is 97.0 cm³/mol. The van der Waals surface area contributed by atoms with E-state index in [9.17, 15) is 9.59 Å². The normalized spacial score (nSPS) is 11.5. The average molecular weight is 341 g/mol.